The van der Waals surface area contributed by atoms with Gasteiger partial charge in [-0.2, -0.15) is 0 Å². The van der Waals surface area contributed by atoms with Crippen molar-refractivity contribution in [1.82, 2.24) is 9.55 Å². The summed E-state index contributed by atoms with van der Waals surface area (Å²) in [6, 6.07) is 20.6. The van der Waals surface area contributed by atoms with E-state index in [2.05, 4.69) is 50.8 Å². The van der Waals surface area contributed by atoms with Crippen LogP contribution in [0.2, 0.25) is 0 Å². The lowest BCUT2D eigenvalue weighted by molar-refractivity contribution is 0.175. The number of hydrogen-bond acceptors (Lipinski definition) is 3. The molecule has 4 nitrogen and oxygen atoms in total. The van der Waals surface area contributed by atoms with Crippen LogP contribution in [0.1, 0.15) is 24.7 Å². The molecule has 2 aromatic carbocycles. The van der Waals surface area contributed by atoms with Gasteiger partial charge in [-0.15, -0.1) is 0 Å². The van der Waals surface area contributed by atoms with E-state index < -0.39 is 0 Å². The highest BCUT2D eigenvalue weighted by atomic mass is 16.3. The first kappa shape index (κ1) is 17.2. The summed E-state index contributed by atoms with van der Waals surface area (Å²) < 4.78 is 2.17. The van der Waals surface area contributed by atoms with Crippen molar-refractivity contribution < 1.29 is 5.11 Å². The Labute approximate surface area is 149 Å². The number of aliphatic hydroxyl groups excluding tert-OH is 1. The molecule has 0 saturated heterocycles. The van der Waals surface area contributed by atoms with Gasteiger partial charge in [0.05, 0.1) is 12.6 Å². The van der Waals surface area contributed by atoms with Crippen molar-refractivity contribution in [3.05, 3.63) is 84.4 Å². The minimum absolute atomic E-state index is 0.349. The lowest BCUT2D eigenvalue weighted by atomic mass is 10.2. The normalized spacial score (nSPS) is 12.1. The fraction of sp³-hybridized carbons (Fsp3) is 0.286. The second-order valence-electron chi connectivity index (χ2n) is 6.24. The molecule has 3 rings (SSSR count). The van der Waals surface area contributed by atoms with Gasteiger partial charge in [0.25, 0.3) is 0 Å². The molecule has 4 heteroatoms. The van der Waals surface area contributed by atoms with Crippen LogP contribution in [0.4, 0.5) is 5.69 Å². The molecule has 0 amide bonds. The molecule has 0 saturated carbocycles. The second-order valence-corrected chi connectivity index (χ2v) is 6.24. The third-order valence-corrected chi connectivity index (χ3v) is 4.35. The number of anilines is 1. The minimum Gasteiger partial charge on any atom is -0.391 e. The summed E-state index contributed by atoms with van der Waals surface area (Å²) in [6.07, 6.45) is 4.25. The zero-order chi connectivity index (χ0) is 17.5. The average Bonchev–Trinajstić information content (AvgIpc) is 3.09. The molecular weight excluding hydrogens is 310 g/mol. The quantitative estimate of drug-likeness (QED) is 0.682. The first-order valence-corrected chi connectivity index (χ1v) is 8.78. The molecule has 0 fully saturated rings. The summed E-state index contributed by atoms with van der Waals surface area (Å²) in [5.74, 6) is 0.996. The fourth-order valence-corrected chi connectivity index (χ4v) is 2.87. The molecule has 3 aromatic rings. The molecular formula is C21H25N3O. The number of nitrogens with zero attached hydrogens (tertiary/aromatic N) is 3. The summed E-state index contributed by atoms with van der Waals surface area (Å²) >= 11 is 0. The minimum atomic E-state index is -0.349. The molecule has 1 unspecified atom stereocenters. The first-order chi connectivity index (χ1) is 12.3. The maximum absolute atomic E-state index is 10.2. The van der Waals surface area contributed by atoms with Crippen molar-refractivity contribution in [2.24, 2.45) is 0 Å². The van der Waals surface area contributed by atoms with E-state index in [4.69, 9.17) is 0 Å². The monoisotopic (exact) mass is 335 g/mol. The summed E-state index contributed by atoms with van der Waals surface area (Å²) in [7, 11) is 0. The van der Waals surface area contributed by atoms with Crippen molar-refractivity contribution in [1.29, 1.82) is 0 Å². The number of aliphatic hydroxyl groups is 1. The predicted octanol–water partition coefficient (Wildman–Crippen LogP) is 3.71. The Morgan fingerprint density at radius 2 is 1.72 bits per heavy atom. The van der Waals surface area contributed by atoms with Crippen LogP contribution >= 0.6 is 0 Å². The van der Waals surface area contributed by atoms with E-state index in [1.807, 2.05) is 43.6 Å². The van der Waals surface area contributed by atoms with Crippen molar-refractivity contribution in [3.63, 3.8) is 0 Å². The molecule has 0 aliphatic heterocycles. The molecule has 1 N–H and O–H groups in total. The number of aromatic nitrogens is 2. The van der Waals surface area contributed by atoms with E-state index in [1.54, 1.807) is 0 Å². The van der Waals surface area contributed by atoms with Gasteiger partial charge in [-0.3, -0.25) is 0 Å². The van der Waals surface area contributed by atoms with Gasteiger partial charge in [0.2, 0.25) is 0 Å². The van der Waals surface area contributed by atoms with Crippen LogP contribution in [0.3, 0.4) is 0 Å². The largest absolute Gasteiger partial charge is 0.391 e. The summed E-state index contributed by atoms with van der Waals surface area (Å²) in [5, 5.41) is 10.2. The maximum atomic E-state index is 10.2. The van der Waals surface area contributed by atoms with Crippen LogP contribution in [0, 0.1) is 0 Å². The predicted molar refractivity (Wildman–Crippen MR) is 102 cm³/mol. The lowest BCUT2D eigenvalue weighted by Gasteiger charge is -2.27. The van der Waals surface area contributed by atoms with E-state index in [0.717, 1.165) is 24.5 Å². The number of imidazole rings is 1. The Balaban J connectivity index is 1.79. The molecule has 0 bridgehead atoms. The van der Waals surface area contributed by atoms with Crippen molar-refractivity contribution in [2.75, 3.05) is 11.4 Å². The van der Waals surface area contributed by atoms with E-state index in [0.29, 0.717) is 13.1 Å². The first-order valence-electron chi connectivity index (χ1n) is 8.78. The third kappa shape index (κ3) is 4.70. The van der Waals surface area contributed by atoms with E-state index in [1.165, 1.54) is 5.56 Å². The number of benzene rings is 2. The topological polar surface area (TPSA) is 41.3 Å². The zero-order valence-corrected chi connectivity index (χ0v) is 14.6. The SMILES string of the molecule is CCC(O)CN(Cc1nccn1Cc1ccccc1)c1ccccc1. The van der Waals surface area contributed by atoms with Gasteiger partial charge in [0.1, 0.15) is 5.82 Å². The molecule has 0 radical (unpaired) electrons. The zero-order valence-electron chi connectivity index (χ0n) is 14.6. The fourth-order valence-electron chi connectivity index (χ4n) is 2.87. The van der Waals surface area contributed by atoms with Gasteiger partial charge >= 0.3 is 0 Å². The maximum Gasteiger partial charge on any atom is 0.128 e. The molecule has 130 valence electrons. The molecule has 0 aliphatic rings. The number of para-hydroxylation sites is 1. The van der Waals surface area contributed by atoms with E-state index in [-0.39, 0.29) is 6.10 Å². The summed E-state index contributed by atoms with van der Waals surface area (Å²) in [6.45, 7) is 4.07. The van der Waals surface area contributed by atoms with Crippen LogP contribution in [-0.4, -0.2) is 27.3 Å². The molecule has 1 aromatic heterocycles. The number of hydrogen-bond donors (Lipinski definition) is 1. The number of rotatable bonds is 8. The summed E-state index contributed by atoms with van der Waals surface area (Å²) in [4.78, 5) is 6.74. The Morgan fingerprint density at radius 3 is 2.40 bits per heavy atom. The average molecular weight is 335 g/mol. The van der Waals surface area contributed by atoms with Gasteiger partial charge in [0.15, 0.2) is 0 Å². The van der Waals surface area contributed by atoms with Gasteiger partial charge in [-0.05, 0) is 24.1 Å². The summed E-state index contributed by atoms with van der Waals surface area (Å²) in [5.41, 5.74) is 2.35. The smallest absolute Gasteiger partial charge is 0.128 e. The Bertz CT molecular complexity index is 755. The standard InChI is InChI=1S/C21H25N3O/c1-2-20(25)16-24(19-11-7-4-8-12-19)17-21-22-13-14-23(21)15-18-9-5-3-6-10-18/h3-14,20,25H,2,15-17H2,1H3. The van der Waals surface area contributed by atoms with Crippen molar-refractivity contribution in [3.8, 4) is 0 Å². The van der Waals surface area contributed by atoms with Crippen molar-refractivity contribution in [2.45, 2.75) is 32.5 Å². The van der Waals surface area contributed by atoms with Gasteiger partial charge < -0.3 is 14.6 Å². The highest BCUT2D eigenvalue weighted by molar-refractivity contribution is 5.46. The lowest BCUT2D eigenvalue weighted by Crippen LogP contribution is -2.32. The van der Waals surface area contributed by atoms with E-state index >= 15 is 0 Å². The van der Waals surface area contributed by atoms with E-state index in [9.17, 15) is 5.11 Å². The molecule has 1 atom stereocenters. The van der Waals surface area contributed by atoms with Crippen LogP contribution in [0.25, 0.3) is 0 Å². The Morgan fingerprint density at radius 1 is 1.04 bits per heavy atom. The molecule has 25 heavy (non-hydrogen) atoms. The third-order valence-electron chi connectivity index (χ3n) is 4.35. The van der Waals surface area contributed by atoms with Crippen LogP contribution in [0.5, 0.6) is 0 Å². The van der Waals surface area contributed by atoms with Crippen molar-refractivity contribution >= 4 is 5.69 Å². The molecule has 0 spiro atoms. The molecule has 1 heterocycles. The van der Waals surface area contributed by atoms with Gasteiger partial charge in [0, 0.05) is 31.2 Å². The highest BCUT2D eigenvalue weighted by Gasteiger charge is 2.14. The van der Waals surface area contributed by atoms with Crippen LogP contribution < -0.4 is 4.90 Å². The van der Waals surface area contributed by atoms with Crippen LogP contribution in [0.15, 0.2) is 73.1 Å². The Hall–Kier alpha value is -2.59. The molecule has 0 aliphatic carbocycles. The Kier molecular flexibility index (Phi) is 5.86. The highest BCUT2D eigenvalue weighted by Crippen LogP contribution is 2.18. The van der Waals surface area contributed by atoms with Crippen LogP contribution in [-0.2, 0) is 13.1 Å². The van der Waals surface area contributed by atoms with Gasteiger partial charge in [-0.25, -0.2) is 4.98 Å². The van der Waals surface area contributed by atoms with Gasteiger partial charge in [-0.1, -0.05) is 55.5 Å². The second kappa shape index (κ2) is 8.49.